The van der Waals surface area contributed by atoms with E-state index in [4.69, 9.17) is 0 Å². The average molecular weight is 168 g/mol. The second kappa shape index (κ2) is 4.18. The molecule has 4 nitrogen and oxygen atoms in total. The van der Waals surface area contributed by atoms with E-state index in [1.807, 2.05) is 0 Å². The quantitative estimate of drug-likeness (QED) is 0.678. The molecule has 1 aromatic rings. The zero-order valence-corrected chi connectivity index (χ0v) is 7.99. The van der Waals surface area contributed by atoms with Gasteiger partial charge in [0.15, 0.2) is 5.82 Å². The van der Waals surface area contributed by atoms with Crippen molar-refractivity contribution < 1.29 is 0 Å². The minimum absolute atomic E-state index is 0.765. The number of aryl methyl sites for hydroxylation is 2. The molecule has 0 aromatic carbocycles. The Balaban J connectivity index is 2.24. The maximum absolute atomic E-state index is 4.10. The van der Waals surface area contributed by atoms with E-state index in [9.17, 15) is 0 Å². The first-order chi connectivity index (χ1) is 5.68. The predicted molar refractivity (Wildman–Crippen MR) is 46.6 cm³/mol. The third kappa shape index (κ3) is 2.98. The van der Waals surface area contributed by atoms with E-state index in [2.05, 4.69) is 29.3 Å². The van der Waals surface area contributed by atoms with E-state index in [-0.39, 0.29) is 0 Å². The molecule has 12 heavy (non-hydrogen) atoms. The number of tetrazole rings is 1. The van der Waals surface area contributed by atoms with Crippen LogP contribution < -0.4 is 0 Å². The van der Waals surface area contributed by atoms with Gasteiger partial charge in [-0.15, -0.1) is 10.2 Å². The molecule has 0 atom stereocenters. The van der Waals surface area contributed by atoms with Gasteiger partial charge in [-0.25, -0.2) is 0 Å². The van der Waals surface area contributed by atoms with E-state index < -0.39 is 0 Å². The molecule has 4 heteroatoms. The van der Waals surface area contributed by atoms with Crippen LogP contribution >= 0.6 is 0 Å². The molecule has 1 heterocycles. The van der Waals surface area contributed by atoms with Gasteiger partial charge in [-0.1, -0.05) is 20.3 Å². The fourth-order valence-corrected chi connectivity index (χ4v) is 1.09. The first kappa shape index (κ1) is 9.16. The van der Waals surface area contributed by atoms with Crippen LogP contribution in [0.3, 0.4) is 0 Å². The van der Waals surface area contributed by atoms with Crippen LogP contribution in [0.5, 0.6) is 0 Å². The highest BCUT2D eigenvalue weighted by molar-refractivity contribution is 4.76. The van der Waals surface area contributed by atoms with Crippen LogP contribution in [0.25, 0.3) is 0 Å². The zero-order chi connectivity index (χ0) is 8.97. The Morgan fingerprint density at radius 1 is 1.42 bits per heavy atom. The molecular formula is C8H16N4. The largest absolute Gasteiger partial charge is 0.174 e. The summed E-state index contributed by atoms with van der Waals surface area (Å²) in [5.41, 5.74) is 0. The number of nitrogens with zero attached hydrogens (tertiary/aromatic N) is 4. The Labute approximate surface area is 73.0 Å². The molecule has 0 radical (unpaired) electrons. The van der Waals surface area contributed by atoms with Gasteiger partial charge in [0.25, 0.3) is 0 Å². The Morgan fingerprint density at radius 2 is 2.17 bits per heavy atom. The van der Waals surface area contributed by atoms with Gasteiger partial charge >= 0.3 is 0 Å². The lowest BCUT2D eigenvalue weighted by Gasteiger charge is -2.00. The second-order valence-electron chi connectivity index (χ2n) is 3.48. The number of aromatic nitrogens is 4. The van der Waals surface area contributed by atoms with Crippen molar-refractivity contribution in [2.24, 2.45) is 13.0 Å². The third-order valence-corrected chi connectivity index (χ3v) is 1.73. The van der Waals surface area contributed by atoms with Crippen molar-refractivity contribution in [3.8, 4) is 0 Å². The smallest absolute Gasteiger partial charge is 0.167 e. The van der Waals surface area contributed by atoms with Crippen LogP contribution in [0.1, 0.15) is 32.5 Å². The van der Waals surface area contributed by atoms with Gasteiger partial charge in [0, 0.05) is 6.42 Å². The van der Waals surface area contributed by atoms with Crippen LogP contribution in [0.2, 0.25) is 0 Å². The summed E-state index contributed by atoms with van der Waals surface area (Å²) in [6, 6.07) is 0. The van der Waals surface area contributed by atoms with E-state index >= 15 is 0 Å². The van der Waals surface area contributed by atoms with Gasteiger partial charge in [-0.2, -0.15) is 4.80 Å². The van der Waals surface area contributed by atoms with E-state index in [0.29, 0.717) is 0 Å². The summed E-state index contributed by atoms with van der Waals surface area (Å²) in [7, 11) is 1.79. The highest BCUT2D eigenvalue weighted by atomic mass is 15.6. The van der Waals surface area contributed by atoms with E-state index in [1.165, 1.54) is 11.2 Å². The molecule has 1 rings (SSSR count). The molecule has 0 saturated carbocycles. The molecule has 0 bridgehead atoms. The first-order valence-electron chi connectivity index (χ1n) is 4.41. The molecule has 0 aliphatic carbocycles. The maximum Gasteiger partial charge on any atom is 0.174 e. The average Bonchev–Trinajstić information content (AvgIpc) is 2.35. The lowest BCUT2D eigenvalue weighted by atomic mass is 10.1. The summed E-state index contributed by atoms with van der Waals surface area (Å²) in [4.78, 5) is 1.50. The molecule has 0 fully saturated rings. The summed E-state index contributed by atoms with van der Waals surface area (Å²) in [5.74, 6) is 1.62. The normalized spacial score (nSPS) is 11.0. The summed E-state index contributed by atoms with van der Waals surface area (Å²) in [6.45, 7) is 4.45. The number of hydrogen-bond donors (Lipinski definition) is 0. The predicted octanol–water partition coefficient (Wildman–Crippen LogP) is 1.19. The van der Waals surface area contributed by atoms with Crippen molar-refractivity contribution in [2.75, 3.05) is 0 Å². The van der Waals surface area contributed by atoms with Gasteiger partial charge in [-0.05, 0) is 17.6 Å². The molecule has 1 aromatic heterocycles. The van der Waals surface area contributed by atoms with Crippen LogP contribution in [-0.4, -0.2) is 20.2 Å². The Kier molecular flexibility index (Phi) is 3.19. The molecule has 0 aliphatic heterocycles. The second-order valence-corrected chi connectivity index (χ2v) is 3.48. The lowest BCUT2D eigenvalue weighted by molar-refractivity contribution is 0.548. The van der Waals surface area contributed by atoms with Gasteiger partial charge in [0.2, 0.25) is 0 Å². The Bertz CT molecular complexity index is 229. The van der Waals surface area contributed by atoms with Crippen molar-refractivity contribution in [2.45, 2.75) is 33.1 Å². The monoisotopic (exact) mass is 168 g/mol. The standard InChI is InChI=1S/C8H16N4/c1-7(2)5-4-6-8-9-11-12(3)10-8/h7H,4-6H2,1-3H3. The van der Waals surface area contributed by atoms with Crippen LogP contribution in [0.4, 0.5) is 0 Å². The topological polar surface area (TPSA) is 43.6 Å². The molecule has 0 saturated heterocycles. The van der Waals surface area contributed by atoms with Gasteiger partial charge in [0.05, 0.1) is 7.05 Å². The first-order valence-corrected chi connectivity index (χ1v) is 4.41. The summed E-state index contributed by atoms with van der Waals surface area (Å²) in [6.07, 6.45) is 3.34. The fourth-order valence-electron chi connectivity index (χ4n) is 1.09. The fraction of sp³-hybridized carbons (Fsp3) is 0.875. The van der Waals surface area contributed by atoms with Crippen LogP contribution in [0, 0.1) is 5.92 Å². The maximum atomic E-state index is 4.10. The summed E-state index contributed by atoms with van der Waals surface area (Å²) < 4.78 is 0. The van der Waals surface area contributed by atoms with Crippen LogP contribution in [0.15, 0.2) is 0 Å². The van der Waals surface area contributed by atoms with Gasteiger partial charge in [0.1, 0.15) is 0 Å². The van der Waals surface area contributed by atoms with Crippen molar-refractivity contribution >= 4 is 0 Å². The SMILES string of the molecule is CC(C)CCCc1nnn(C)n1. The minimum atomic E-state index is 0.765. The lowest BCUT2D eigenvalue weighted by Crippen LogP contribution is -1.95. The molecule has 0 N–H and O–H groups in total. The van der Waals surface area contributed by atoms with Crippen molar-refractivity contribution in [3.05, 3.63) is 5.82 Å². The van der Waals surface area contributed by atoms with Crippen LogP contribution in [-0.2, 0) is 13.5 Å². The molecule has 0 unspecified atom stereocenters. The molecular weight excluding hydrogens is 152 g/mol. The van der Waals surface area contributed by atoms with E-state index in [0.717, 1.165) is 24.6 Å². The highest BCUT2D eigenvalue weighted by Gasteiger charge is 2.00. The van der Waals surface area contributed by atoms with Crippen molar-refractivity contribution in [1.29, 1.82) is 0 Å². The number of rotatable bonds is 4. The Hall–Kier alpha value is -0.930. The highest BCUT2D eigenvalue weighted by Crippen LogP contribution is 2.05. The van der Waals surface area contributed by atoms with Gasteiger partial charge < -0.3 is 0 Å². The van der Waals surface area contributed by atoms with E-state index in [1.54, 1.807) is 7.05 Å². The summed E-state index contributed by atoms with van der Waals surface area (Å²) >= 11 is 0. The van der Waals surface area contributed by atoms with Gasteiger partial charge in [-0.3, -0.25) is 0 Å². The molecule has 0 spiro atoms. The van der Waals surface area contributed by atoms with Crippen molar-refractivity contribution in [1.82, 2.24) is 20.2 Å². The zero-order valence-electron chi connectivity index (χ0n) is 7.99. The Morgan fingerprint density at radius 3 is 2.67 bits per heavy atom. The molecule has 68 valence electrons. The minimum Gasteiger partial charge on any atom is -0.167 e. The third-order valence-electron chi connectivity index (χ3n) is 1.73. The molecule has 0 amide bonds. The molecule has 0 aliphatic rings. The van der Waals surface area contributed by atoms with Crippen molar-refractivity contribution in [3.63, 3.8) is 0 Å². The summed E-state index contributed by atoms with van der Waals surface area (Å²) in [5, 5.41) is 11.8. The number of hydrogen-bond acceptors (Lipinski definition) is 3.